The van der Waals surface area contributed by atoms with Gasteiger partial charge in [-0.1, -0.05) is 28.8 Å². The van der Waals surface area contributed by atoms with Crippen molar-refractivity contribution in [1.82, 2.24) is 4.98 Å². The van der Waals surface area contributed by atoms with Gasteiger partial charge < -0.3 is 0 Å². The molecule has 0 unspecified atom stereocenters. The van der Waals surface area contributed by atoms with E-state index in [-0.39, 0.29) is 0 Å². The largest absolute Gasteiger partial charge is 0.256 e. The molecule has 1 nitrogen and oxygen atoms in total. The fourth-order valence-electron chi connectivity index (χ4n) is 2.60. The van der Waals surface area contributed by atoms with Gasteiger partial charge in [0, 0.05) is 16.1 Å². The van der Waals surface area contributed by atoms with Crippen LogP contribution in [0.4, 0.5) is 0 Å². The van der Waals surface area contributed by atoms with Gasteiger partial charge in [-0.15, -0.1) is 0 Å². The molecular weight excluding hydrogens is 262 g/mol. The van der Waals surface area contributed by atoms with E-state index in [2.05, 4.69) is 45.3 Å². The molecule has 0 saturated heterocycles. The van der Waals surface area contributed by atoms with E-state index in [1.165, 1.54) is 36.6 Å². The number of benzene rings is 1. The normalized spacial score (nSPS) is 17.1. The first-order valence-electron chi connectivity index (χ1n) is 5.88. The molecule has 2 heteroatoms. The molecule has 0 spiro atoms. The summed E-state index contributed by atoms with van der Waals surface area (Å²) in [5.41, 5.74) is 2.51. The summed E-state index contributed by atoms with van der Waals surface area (Å²) < 4.78 is 1.13. The van der Waals surface area contributed by atoms with Crippen LogP contribution in [0.3, 0.4) is 0 Å². The Labute approximate surface area is 104 Å². The molecule has 0 bridgehead atoms. The number of pyridine rings is 1. The van der Waals surface area contributed by atoms with Gasteiger partial charge in [0.15, 0.2) is 0 Å². The summed E-state index contributed by atoms with van der Waals surface area (Å²) in [4.78, 5) is 4.55. The van der Waals surface area contributed by atoms with Gasteiger partial charge in [0.05, 0.1) is 5.52 Å². The second-order valence-electron chi connectivity index (χ2n) is 4.59. The summed E-state index contributed by atoms with van der Waals surface area (Å²) in [7, 11) is 0. The maximum Gasteiger partial charge on any atom is 0.0702 e. The van der Waals surface area contributed by atoms with Gasteiger partial charge in [0.1, 0.15) is 0 Å². The number of hydrogen-bond donors (Lipinski definition) is 0. The molecule has 1 heterocycles. The van der Waals surface area contributed by atoms with Crippen LogP contribution in [0.5, 0.6) is 0 Å². The molecule has 16 heavy (non-hydrogen) atoms. The quantitative estimate of drug-likeness (QED) is 0.738. The molecule has 82 valence electrons. The van der Waals surface area contributed by atoms with Gasteiger partial charge in [-0.05, 0) is 48.6 Å². The van der Waals surface area contributed by atoms with Gasteiger partial charge in [-0.25, -0.2) is 0 Å². The first-order chi connectivity index (χ1) is 7.83. The Bertz CT molecular complexity index is 515. The topological polar surface area (TPSA) is 12.9 Å². The predicted molar refractivity (Wildman–Crippen MR) is 70.7 cm³/mol. The molecule has 0 aliphatic heterocycles. The summed E-state index contributed by atoms with van der Waals surface area (Å²) >= 11 is 3.51. The van der Waals surface area contributed by atoms with Crippen molar-refractivity contribution in [2.75, 3.05) is 0 Å². The zero-order chi connectivity index (χ0) is 11.0. The molecular formula is C14H14BrN. The van der Waals surface area contributed by atoms with Gasteiger partial charge in [0.25, 0.3) is 0 Å². The lowest BCUT2D eigenvalue weighted by molar-refractivity contribution is 0.721. The summed E-state index contributed by atoms with van der Waals surface area (Å²) in [6, 6.07) is 8.58. The lowest BCUT2D eigenvalue weighted by atomic mass is 9.98. The third-order valence-corrected chi connectivity index (χ3v) is 3.98. The van der Waals surface area contributed by atoms with Crippen LogP contribution in [0.25, 0.3) is 10.9 Å². The highest BCUT2D eigenvalue weighted by Crippen LogP contribution is 2.34. The number of hydrogen-bond acceptors (Lipinski definition) is 1. The first-order valence-corrected chi connectivity index (χ1v) is 6.67. The average molecular weight is 276 g/mol. The second-order valence-corrected chi connectivity index (χ2v) is 5.50. The van der Waals surface area contributed by atoms with E-state index >= 15 is 0 Å². The molecule has 1 fully saturated rings. The highest BCUT2D eigenvalue weighted by Gasteiger charge is 2.17. The molecule has 0 atom stereocenters. The van der Waals surface area contributed by atoms with Crippen molar-refractivity contribution in [3.05, 3.63) is 40.5 Å². The Morgan fingerprint density at radius 1 is 1.12 bits per heavy atom. The van der Waals surface area contributed by atoms with Crippen LogP contribution >= 0.6 is 15.9 Å². The Morgan fingerprint density at radius 3 is 2.75 bits per heavy atom. The van der Waals surface area contributed by atoms with E-state index < -0.39 is 0 Å². The van der Waals surface area contributed by atoms with Crippen molar-refractivity contribution in [3.8, 4) is 0 Å². The van der Waals surface area contributed by atoms with Crippen molar-refractivity contribution >= 4 is 26.8 Å². The van der Waals surface area contributed by atoms with Crippen LogP contribution in [-0.4, -0.2) is 4.98 Å². The van der Waals surface area contributed by atoms with Crippen LogP contribution in [0, 0.1) is 0 Å². The van der Waals surface area contributed by atoms with Crippen LogP contribution in [0.2, 0.25) is 0 Å². The van der Waals surface area contributed by atoms with Crippen molar-refractivity contribution in [2.45, 2.75) is 31.6 Å². The SMILES string of the molecule is Brc1ccc2ncc(C3CCCC3)cc2c1. The molecule has 2 aromatic rings. The zero-order valence-corrected chi connectivity index (χ0v) is 10.7. The third-order valence-electron chi connectivity index (χ3n) is 3.49. The van der Waals surface area contributed by atoms with E-state index in [4.69, 9.17) is 0 Å². The standard InChI is InChI=1S/C14H14BrN/c15-13-5-6-14-11(8-13)7-12(9-16-14)10-3-1-2-4-10/h5-10H,1-4H2. The van der Waals surface area contributed by atoms with Crippen LogP contribution in [0.1, 0.15) is 37.2 Å². The Kier molecular flexibility index (Phi) is 2.68. The maximum absolute atomic E-state index is 4.55. The van der Waals surface area contributed by atoms with Crippen molar-refractivity contribution in [3.63, 3.8) is 0 Å². The number of nitrogens with zero attached hydrogens (tertiary/aromatic N) is 1. The minimum Gasteiger partial charge on any atom is -0.256 e. The van der Waals surface area contributed by atoms with Crippen LogP contribution < -0.4 is 0 Å². The molecule has 1 aliphatic carbocycles. The number of aromatic nitrogens is 1. The van der Waals surface area contributed by atoms with Crippen LogP contribution in [0.15, 0.2) is 34.9 Å². The first kappa shape index (κ1) is 10.3. The molecule has 1 saturated carbocycles. The monoisotopic (exact) mass is 275 g/mol. The lowest BCUT2D eigenvalue weighted by Gasteiger charge is -2.09. The Balaban J connectivity index is 2.07. The Morgan fingerprint density at radius 2 is 1.94 bits per heavy atom. The smallest absolute Gasteiger partial charge is 0.0702 e. The van der Waals surface area contributed by atoms with Crippen molar-refractivity contribution in [2.24, 2.45) is 0 Å². The van der Waals surface area contributed by atoms with Gasteiger partial charge in [0.2, 0.25) is 0 Å². The molecule has 0 N–H and O–H groups in total. The minimum absolute atomic E-state index is 0.746. The predicted octanol–water partition coefficient (Wildman–Crippen LogP) is 4.65. The van der Waals surface area contributed by atoms with Gasteiger partial charge in [-0.2, -0.15) is 0 Å². The number of halogens is 1. The molecule has 1 aliphatic rings. The Hall–Kier alpha value is -0.890. The van der Waals surface area contributed by atoms with Gasteiger partial charge >= 0.3 is 0 Å². The maximum atomic E-state index is 4.55. The number of fused-ring (bicyclic) bond motifs is 1. The van der Waals surface area contributed by atoms with Crippen LogP contribution in [-0.2, 0) is 0 Å². The summed E-state index contributed by atoms with van der Waals surface area (Å²) in [5.74, 6) is 0.746. The summed E-state index contributed by atoms with van der Waals surface area (Å²) in [6.45, 7) is 0. The van der Waals surface area contributed by atoms with Crippen molar-refractivity contribution < 1.29 is 0 Å². The zero-order valence-electron chi connectivity index (χ0n) is 9.12. The fourth-order valence-corrected chi connectivity index (χ4v) is 2.98. The number of rotatable bonds is 1. The highest BCUT2D eigenvalue weighted by molar-refractivity contribution is 9.10. The fraction of sp³-hybridized carbons (Fsp3) is 0.357. The van der Waals surface area contributed by atoms with E-state index in [0.717, 1.165) is 15.9 Å². The second kappa shape index (κ2) is 4.17. The lowest BCUT2D eigenvalue weighted by Crippen LogP contribution is -1.93. The average Bonchev–Trinajstić information content (AvgIpc) is 2.81. The molecule has 1 aromatic heterocycles. The summed E-state index contributed by atoms with van der Waals surface area (Å²) in [5, 5.41) is 1.25. The van der Waals surface area contributed by atoms with E-state index in [0.29, 0.717) is 0 Å². The molecule has 1 aromatic carbocycles. The van der Waals surface area contributed by atoms with Crippen molar-refractivity contribution in [1.29, 1.82) is 0 Å². The molecule has 0 radical (unpaired) electrons. The molecule has 0 amide bonds. The third kappa shape index (κ3) is 1.86. The van der Waals surface area contributed by atoms with Gasteiger partial charge in [-0.3, -0.25) is 4.98 Å². The summed E-state index contributed by atoms with van der Waals surface area (Å²) in [6.07, 6.45) is 7.48. The van der Waals surface area contributed by atoms with E-state index in [1.807, 2.05) is 6.07 Å². The van der Waals surface area contributed by atoms with E-state index in [1.54, 1.807) is 0 Å². The highest BCUT2D eigenvalue weighted by atomic mass is 79.9. The van der Waals surface area contributed by atoms with E-state index in [9.17, 15) is 0 Å². The minimum atomic E-state index is 0.746. The molecule has 3 rings (SSSR count).